The van der Waals surface area contributed by atoms with Crippen LogP contribution in [0.4, 0.5) is 0 Å². The Morgan fingerprint density at radius 3 is 2.94 bits per heavy atom. The summed E-state index contributed by atoms with van der Waals surface area (Å²) in [5, 5.41) is 3.67. The molecule has 0 fully saturated rings. The van der Waals surface area contributed by atoms with Crippen LogP contribution in [0.2, 0.25) is 0 Å². The molecule has 2 aliphatic carbocycles. The van der Waals surface area contributed by atoms with Crippen LogP contribution in [0.5, 0.6) is 5.75 Å². The number of ether oxygens (including phenoxy) is 1. The summed E-state index contributed by atoms with van der Waals surface area (Å²) in [6.07, 6.45) is 3.91. The Labute approximate surface area is 110 Å². The molecule has 3 atom stereocenters. The zero-order valence-electron chi connectivity index (χ0n) is 11.6. The molecule has 1 aromatic carbocycles. The van der Waals surface area contributed by atoms with Gasteiger partial charge in [-0.15, -0.1) is 0 Å². The summed E-state index contributed by atoms with van der Waals surface area (Å²) in [6, 6.07) is 5.03. The Kier molecular flexibility index (Phi) is 3.06. The van der Waals surface area contributed by atoms with Crippen LogP contribution in [0.25, 0.3) is 0 Å². The van der Waals surface area contributed by atoms with Crippen molar-refractivity contribution >= 4 is 0 Å². The van der Waals surface area contributed by atoms with E-state index in [1.807, 2.05) is 0 Å². The molecule has 0 aliphatic heterocycles. The van der Waals surface area contributed by atoms with Gasteiger partial charge in [0.25, 0.3) is 0 Å². The fourth-order valence-electron chi connectivity index (χ4n) is 3.96. The van der Waals surface area contributed by atoms with Crippen LogP contribution in [-0.2, 0) is 6.42 Å². The van der Waals surface area contributed by atoms with E-state index in [0.717, 1.165) is 18.2 Å². The van der Waals surface area contributed by atoms with Crippen LogP contribution >= 0.6 is 0 Å². The van der Waals surface area contributed by atoms with Crippen molar-refractivity contribution in [2.75, 3.05) is 13.7 Å². The molecule has 0 saturated heterocycles. The maximum Gasteiger partial charge on any atom is 0.119 e. The van der Waals surface area contributed by atoms with Crippen molar-refractivity contribution in [3.8, 4) is 5.75 Å². The normalized spacial score (nSPS) is 29.2. The lowest BCUT2D eigenvalue weighted by Gasteiger charge is -2.25. The van der Waals surface area contributed by atoms with Gasteiger partial charge in [0.2, 0.25) is 0 Å². The number of nitrogens with one attached hydrogen (secondary N) is 1. The van der Waals surface area contributed by atoms with Gasteiger partial charge in [0, 0.05) is 6.04 Å². The maximum absolute atomic E-state index is 5.48. The lowest BCUT2D eigenvalue weighted by molar-refractivity contribution is 0.351. The van der Waals surface area contributed by atoms with E-state index < -0.39 is 0 Å². The van der Waals surface area contributed by atoms with Gasteiger partial charge < -0.3 is 10.1 Å². The summed E-state index contributed by atoms with van der Waals surface area (Å²) in [7, 11) is 1.77. The molecule has 0 aromatic heterocycles. The molecule has 0 radical (unpaired) electrons. The Hall–Kier alpha value is -1.02. The van der Waals surface area contributed by atoms with Crippen molar-refractivity contribution < 1.29 is 4.74 Å². The van der Waals surface area contributed by atoms with E-state index in [0.29, 0.717) is 12.0 Å². The summed E-state index contributed by atoms with van der Waals surface area (Å²) in [6.45, 7) is 5.63. The molecule has 3 unspecified atom stereocenters. The van der Waals surface area contributed by atoms with E-state index in [-0.39, 0.29) is 0 Å². The number of benzene rings is 1. The van der Waals surface area contributed by atoms with E-state index in [2.05, 4.69) is 31.3 Å². The predicted octanol–water partition coefficient (Wildman–Crippen LogP) is 3.42. The zero-order chi connectivity index (χ0) is 12.7. The molecule has 2 heteroatoms. The van der Waals surface area contributed by atoms with E-state index in [4.69, 9.17) is 4.74 Å². The molecule has 1 N–H and O–H groups in total. The van der Waals surface area contributed by atoms with E-state index >= 15 is 0 Å². The number of rotatable bonds is 3. The van der Waals surface area contributed by atoms with Gasteiger partial charge in [0.15, 0.2) is 0 Å². The van der Waals surface area contributed by atoms with Crippen LogP contribution in [0.3, 0.4) is 0 Å². The molecule has 1 aromatic rings. The van der Waals surface area contributed by atoms with Gasteiger partial charge in [-0.1, -0.05) is 13.8 Å². The molecule has 2 nitrogen and oxygen atoms in total. The highest BCUT2D eigenvalue weighted by Crippen LogP contribution is 2.52. The summed E-state index contributed by atoms with van der Waals surface area (Å²) in [5.74, 6) is 2.51. The second kappa shape index (κ2) is 4.58. The first kappa shape index (κ1) is 12.0. The van der Waals surface area contributed by atoms with Crippen LogP contribution in [0.1, 0.15) is 55.3 Å². The molecular formula is C16H23NO. The minimum atomic E-state index is 0.516. The van der Waals surface area contributed by atoms with Crippen LogP contribution in [0.15, 0.2) is 12.1 Å². The SMILES string of the molecule is CCNC1c2cc(OC)cc3c2C(CCC3)C1C. The van der Waals surface area contributed by atoms with Crippen LogP contribution in [0, 0.1) is 5.92 Å². The second-order valence-corrected chi connectivity index (χ2v) is 5.68. The van der Waals surface area contributed by atoms with Gasteiger partial charge >= 0.3 is 0 Å². The Morgan fingerprint density at radius 1 is 1.39 bits per heavy atom. The standard InChI is InChI=1S/C16H23NO/c1-4-17-16-10(2)13-7-5-6-11-8-12(18-3)9-14(16)15(11)13/h8-10,13,16-17H,4-7H2,1-3H3. The van der Waals surface area contributed by atoms with E-state index in [1.54, 1.807) is 12.7 Å². The molecule has 0 spiro atoms. The average molecular weight is 245 g/mol. The topological polar surface area (TPSA) is 21.3 Å². The maximum atomic E-state index is 5.48. The van der Waals surface area contributed by atoms with Crippen molar-refractivity contribution in [2.45, 2.75) is 45.1 Å². The van der Waals surface area contributed by atoms with Gasteiger partial charge in [-0.3, -0.25) is 0 Å². The zero-order valence-corrected chi connectivity index (χ0v) is 11.6. The third-order valence-corrected chi connectivity index (χ3v) is 4.76. The highest BCUT2D eigenvalue weighted by molar-refractivity contribution is 5.51. The second-order valence-electron chi connectivity index (χ2n) is 5.68. The molecule has 0 saturated carbocycles. The first-order valence-electron chi connectivity index (χ1n) is 7.20. The molecule has 98 valence electrons. The Bertz CT molecular complexity index is 455. The van der Waals surface area contributed by atoms with Crippen molar-refractivity contribution in [1.29, 1.82) is 0 Å². The van der Waals surface area contributed by atoms with Crippen molar-refractivity contribution in [3.05, 3.63) is 28.8 Å². The van der Waals surface area contributed by atoms with Crippen molar-refractivity contribution in [3.63, 3.8) is 0 Å². The summed E-state index contributed by atoms with van der Waals surface area (Å²) in [5.41, 5.74) is 4.68. The lowest BCUT2D eigenvalue weighted by Crippen LogP contribution is -2.24. The summed E-state index contributed by atoms with van der Waals surface area (Å²) >= 11 is 0. The summed E-state index contributed by atoms with van der Waals surface area (Å²) in [4.78, 5) is 0. The van der Waals surface area contributed by atoms with Crippen molar-refractivity contribution in [2.24, 2.45) is 5.92 Å². The highest BCUT2D eigenvalue weighted by Gasteiger charge is 2.40. The van der Waals surface area contributed by atoms with Gasteiger partial charge in [0.1, 0.15) is 5.75 Å². The molecule has 0 bridgehead atoms. The Balaban J connectivity index is 2.11. The number of hydrogen-bond acceptors (Lipinski definition) is 2. The first-order valence-corrected chi connectivity index (χ1v) is 7.20. The average Bonchev–Trinajstić information content (AvgIpc) is 2.67. The van der Waals surface area contributed by atoms with Crippen molar-refractivity contribution in [1.82, 2.24) is 5.32 Å². The molecule has 0 amide bonds. The predicted molar refractivity (Wildman–Crippen MR) is 74.3 cm³/mol. The molecule has 3 rings (SSSR count). The first-order chi connectivity index (χ1) is 8.76. The fourth-order valence-corrected chi connectivity index (χ4v) is 3.96. The number of methoxy groups -OCH3 is 1. The minimum absolute atomic E-state index is 0.516. The largest absolute Gasteiger partial charge is 0.497 e. The number of hydrogen-bond donors (Lipinski definition) is 1. The Morgan fingerprint density at radius 2 is 2.22 bits per heavy atom. The van der Waals surface area contributed by atoms with Gasteiger partial charge in [-0.2, -0.15) is 0 Å². The monoisotopic (exact) mass is 245 g/mol. The summed E-state index contributed by atoms with van der Waals surface area (Å²) < 4.78 is 5.48. The van der Waals surface area contributed by atoms with Gasteiger partial charge in [-0.05, 0) is 66.5 Å². The van der Waals surface area contributed by atoms with Crippen LogP contribution in [-0.4, -0.2) is 13.7 Å². The van der Waals surface area contributed by atoms with E-state index in [9.17, 15) is 0 Å². The fraction of sp³-hybridized carbons (Fsp3) is 0.625. The molecule has 18 heavy (non-hydrogen) atoms. The third-order valence-electron chi connectivity index (χ3n) is 4.76. The highest BCUT2D eigenvalue weighted by atomic mass is 16.5. The van der Waals surface area contributed by atoms with Crippen LogP contribution < -0.4 is 10.1 Å². The molecule has 2 aliphatic rings. The smallest absolute Gasteiger partial charge is 0.119 e. The molecular weight excluding hydrogens is 222 g/mol. The molecule has 0 heterocycles. The lowest BCUT2D eigenvalue weighted by atomic mass is 9.80. The minimum Gasteiger partial charge on any atom is -0.497 e. The van der Waals surface area contributed by atoms with Gasteiger partial charge in [0.05, 0.1) is 7.11 Å². The number of aryl methyl sites for hydroxylation is 1. The quantitative estimate of drug-likeness (QED) is 0.881. The third kappa shape index (κ3) is 1.66. The van der Waals surface area contributed by atoms with Gasteiger partial charge in [-0.25, -0.2) is 0 Å². The van der Waals surface area contributed by atoms with E-state index in [1.165, 1.54) is 30.4 Å².